The summed E-state index contributed by atoms with van der Waals surface area (Å²) in [5.74, 6) is 0.167. The second kappa shape index (κ2) is 6.11. The average Bonchev–Trinajstić information content (AvgIpc) is 3.04. The molecule has 21 heavy (non-hydrogen) atoms. The lowest BCUT2D eigenvalue weighted by Gasteiger charge is -2.31. The molecular weight excluding hydrogens is 270 g/mol. The van der Waals surface area contributed by atoms with Crippen LogP contribution in [0.3, 0.4) is 0 Å². The van der Waals surface area contributed by atoms with Crippen LogP contribution in [0.25, 0.3) is 11.1 Å². The van der Waals surface area contributed by atoms with Crippen molar-refractivity contribution in [3.05, 3.63) is 48.4 Å². The Morgan fingerprint density at radius 2 is 2.10 bits per heavy atom. The third-order valence-corrected chi connectivity index (χ3v) is 3.57. The smallest absolute Gasteiger partial charge is 0.290 e. The van der Waals surface area contributed by atoms with Crippen LogP contribution in [0.4, 0.5) is 0 Å². The molecule has 1 unspecified atom stereocenters. The van der Waals surface area contributed by atoms with Gasteiger partial charge in [-0.1, -0.05) is 30.3 Å². The summed E-state index contributed by atoms with van der Waals surface area (Å²) in [4.78, 5) is 14.3. The summed E-state index contributed by atoms with van der Waals surface area (Å²) in [5, 5.41) is 9.17. The van der Waals surface area contributed by atoms with Crippen LogP contribution >= 0.6 is 0 Å². The normalized spacial score (nSPS) is 18.7. The van der Waals surface area contributed by atoms with Crippen molar-refractivity contribution >= 4 is 5.91 Å². The highest BCUT2D eigenvalue weighted by Crippen LogP contribution is 2.26. The fraction of sp³-hybridized carbons (Fsp3) is 0.312. The maximum absolute atomic E-state index is 12.6. The van der Waals surface area contributed by atoms with Crippen LogP contribution in [0, 0.1) is 0 Å². The van der Waals surface area contributed by atoms with Gasteiger partial charge in [0, 0.05) is 18.7 Å². The van der Waals surface area contributed by atoms with Gasteiger partial charge < -0.3 is 19.2 Å². The Morgan fingerprint density at radius 1 is 1.29 bits per heavy atom. The number of benzene rings is 1. The predicted octanol–water partition coefficient (Wildman–Crippen LogP) is 1.78. The molecule has 0 aliphatic carbocycles. The quantitative estimate of drug-likeness (QED) is 0.934. The van der Waals surface area contributed by atoms with Crippen molar-refractivity contribution in [2.45, 2.75) is 6.10 Å². The van der Waals surface area contributed by atoms with Crippen LogP contribution in [0.2, 0.25) is 0 Å². The zero-order chi connectivity index (χ0) is 14.7. The second-order valence-corrected chi connectivity index (χ2v) is 4.96. The van der Waals surface area contributed by atoms with E-state index in [0.717, 1.165) is 11.1 Å². The van der Waals surface area contributed by atoms with Gasteiger partial charge in [0.1, 0.15) is 0 Å². The Balaban J connectivity index is 1.84. The predicted molar refractivity (Wildman–Crippen MR) is 76.9 cm³/mol. The number of furan rings is 1. The number of aliphatic hydroxyl groups is 1. The van der Waals surface area contributed by atoms with Gasteiger partial charge in [-0.2, -0.15) is 0 Å². The molecule has 5 heteroatoms. The van der Waals surface area contributed by atoms with E-state index in [0.29, 0.717) is 25.5 Å². The largest absolute Gasteiger partial charge is 0.459 e. The van der Waals surface area contributed by atoms with E-state index in [1.165, 1.54) is 6.26 Å². The summed E-state index contributed by atoms with van der Waals surface area (Å²) in [5.41, 5.74) is 1.73. The van der Waals surface area contributed by atoms with Gasteiger partial charge in [-0.15, -0.1) is 0 Å². The van der Waals surface area contributed by atoms with Gasteiger partial charge in [0.15, 0.2) is 5.76 Å². The molecule has 1 N–H and O–H groups in total. The molecule has 1 aromatic heterocycles. The van der Waals surface area contributed by atoms with Crippen molar-refractivity contribution in [2.24, 2.45) is 0 Å². The number of nitrogens with zero attached hydrogens (tertiary/aromatic N) is 1. The van der Waals surface area contributed by atoms with Crippen molar-refractivity contribution in [2.75, 3.05) is 26.3 Å². The Labute approximate surface area is 122 Å². The van der Waals surface area contributed by atoms with Crippen molar-refractivity contribution in [3.8, 4) is 11.1 Å². The molecule has 0 spiro atoms. The number of aliphatic hydroxyl groups excluding tert-OH is 1. The van der Waals surface area contributed by atoms with E-state index < -0.39 is 0 Å². The molecule has 1 fully saturated rings. The molecule has 110 valence electrons. The van der Waals surface area contributed by atoms with Crippen LogP contribution in [0.1, 0.15) is 10.6 Å². The van der Waals surface area contributed by atoms with Gasteiger partial charge in [0.2, 0.25) is 0 Å². The maximum atomic E-state index is 12.6. The van der Waals surface area contributed by atoms with Crippen LogP contribution in [-0.4, -0.2) is 48.3 Å². The fourth-order valence-corrected chi connectivity index (χ4v) is 2.48. The molecule has 2 heterocycles. The Morgan fingerprint density at radius 3 is 2.86 bits per heavy atom. The van der Waals surface area contributed by atoms with Crippen LogP contribution in [0.5, 0.6) is 0 Å². The summed E-state index contributed by atoms with van der Waals surface area (Å²) in [6.07, 6.45) is 1.21. The Bertz CT molecular complexity index is 608. The molecule has 1 atom stereocenters. The number of rotatable bonds is 3. The zero-order valence-corrected chi connectivity index (χ0v) is 11.6. The molecule has 1 aliphatic heterocycles. The average molecular weight is 287 g/mol. The zero-order valence-electron chi connectivity index (χ0n) is 11.6. The monoisotopic (exact) mass is 287 g/mol. The summed E-state index contributed by atoms with van der Waals surface area (Å²) in [7, 11) is 0. The first-order valence-electron chi connectivity index (χ1n) is 6.94. The number of hydrogen-bond donors (Lipinski definition) is 1. The summed E-state index contributed by atoms with van der Waals surface area (Å²) in [6.45, 7) is 1.22. The number of hydrogen-bond acceptors (Lipinski definition) is 4. The van der Waals surface area contributed by atoms with Crippen LogP contribution < -0.4 is 0 Å². The van der Waals surface area contributed by atoms with Crippen molar-refractivity contribution < 1.29 is 19.1 Å². The Kier molecular flexibility index (Phi) is 4.03. The van der Waals surface area contributed by atoms with E-state index in [1.807, 2.05) is 30.3 Å². The standard InChI is InChI=1S/C16H17NO4/c18-11-13-10-17(7-9-20-13)16(19)15-14(6-8-21-15)12-4-2-1-3-5-12/h1-6,8,13,18H,7,9-11H2. The molecule has 0 radical (unpaired) electrons. The minimum absolute atomic E-state index is 0.0898. The fourth-order valence-electron chi connectivity index (χ4n) is 2.48. The second-order valence-electron chi connectivity index (χ2n) is 4.96. The van der Waals surface area contributed by atoms with Crippen LogP contribution in [0.15, 0.2) is 47.1 Å². The molecular formula is C16H17NO4. The molecule has 1 aromatic carbocycles. The van der Waals surface area contributed by atoms with Crippen molar-refractivity contribution in [1.82, 2.24) is 4.90 Å². The van der Waals surface area contributed by atoms with E-state index in [-0.39, 0.29) is 18.6 Å². The summed E-state index contributed by atoms with van der Waals surface area (Å²) >= 11 is 0. The van der Waals surface area contributed by atoms with E-state index >= 15 is 0 Å². The van der Waals surface area contributed by atoms with Crippen molar-refractivity contribution in [3.63, 3.8) is 0 Å². The lowest BCUT2D eigenvalue weighted by Crippen LogP contribution is -2.46. The first-order valence-corrected chi connectivity index (χ1v) is 6.94. The SMILES string of the molecule is O=C(c1occc1-c1ccccc1)N1CCOC(CO)C1. The maximum Gasteiger partial charge on any atom is 0.290 e. The molecule has 1 aliphatic rings. The summed E-state index contributed by atoms with van der Waals surface area (Å²) < 4.78 is 10.8. The minimum atomic E-state index is -0.321. The van der Waals surface area contributed by atoms with E-state index in [4.69, 9.17) is 14.3 Å². The van der Waals surface area contributed by atoms with Gasteiger partial charge in [-0.3, -0.25) is 4.79 Å². The molecule has 2 aromatic rings. The molecule has 3 rings (SSSR count). The third-order valence-electron chi connectivity index (χ3n) is 3.57. The lowest BCUT2D eigenvalue weighted by molar-refractivity contribution is -0.0453. The number of morpholine rings is 1. The van der Waals surface area contributed by atoms with Gasteiger partial charge in [-0.05, 0) is 11.6 Å². The van der Waals surface area contributed by atoms with Crippen LogP contribution in [-0.2, 0) is 4.74 Å². The minimum Gasteiger partial charge on any atom is -0.459 e. The van der Waals surface area contributed by atoms with Gasteiger partial charge in [-0.25, -0.2) is 0 Å². The van der Waals surface area contributed by atoms with E-state index in [2.05, 4.69) is 0 Å². The number of carbonyl (C=O) groups is 1. The lowest BCUT2D eigenvalue weighted by atomic mass is 10.1. The van der Waals surface area contributed by atoms with E-state index in [1.54, 1.807) is 11.0 Å². The number of ether oxygens (including phenoxy) is 1. The molecule has 5 nitrogen and oxygen atoms in total. The molecule has 1 saturated heterocycles. The molecule has 0 saturated carbocycles. The van der Waals surface area contributed by atoms with Gasteiger partial charge in [0.05, 0.1) is 25.6 Å². The first-order chi connectivity index (χ1) is 10.3. The van der Waals surface area contributed by atoms with Gasteiger partial charge in [0.25, 0.3) is 5.91 Å². The highest BCUT2D eigenvalue weighted by Gasteiger charge is 2.28. The topological polar surface area (TPSA) is 62.9 Å². The first kappa shape index (κ1) is 13.9. The Hall–Kier alpha value is -2.11. The summed E-state index contributed by atoms with van der Waals surface area (Å²) in [6, 6.07) is 11.5. The highest BCUT2D eigenvalue weighted by atomic mass is 16.5. The number of amides is 1. The van der Waals surface area contributed by atoms with Gasteiger partial charge >= 0.3 is 0 Å². The molecule has 0 bridgehead atoms. The third kappa shape index (κ3) is 2.84. The molecule has 1 amide bonds. The number of carbonyl (C=O) groups excluding carboxylic acids is 1. The van der Waals surface area contributed by atoms with E-state index in [9.17, 15) is 4.79 Å². The van der Waals surface area contributed by atoms with Crippen molar-refractivity contribution in [1.29, 1.82) is 0 Å². The highest BCUT2D eigenvalue weighted by molar-refractivity contribution is 5.98.